The summed E-state index contributed by atoms with van der Waals surface area (Å²) in [7, 11) is 0. The Kier molecular flexibility index (Phi) is 5.75. The molecule has 1 aliphatic carbocycles. The normalized spacial score (nSPS) is 23.7. The highest BCUT2D eigenvalue weighted by atomic mass is 35.5. The number of carbonyl (C=O) groups excluding carboxylic acids is 1. The lowest BCUT2D eigenvalue weighted by molar-refractivity contribution is -0.157. The second-order valence-electron chi connectivity index (χ2n) is 7.74. The van der Waals surface area contributed by atoms with Crippen molar-refractivity contribution in [2.45, 2.75) is 18.9 Å². The van der Waals surface area contributed by atoms with E-state index in [1.54, 1.807) is 29.3 Å². The lowest BCUT2D eigenvalue weighted by Crippen LogP contribution is -2.55. The van der Waals surface area contributed by atoms with E-state index in [4.69, 9.17) is 28.9 Å². The number of amides is 1. The summed E-state index contributed by atoms with van der Waals surface area (Å²) in [5.74, 6) is -1.41. The molecule has 2 heterocycles. The molecule has 2 fully saturated rings. The molecule has 30 heavy (non-hydrogen) atoms. The average molecular weight is 449 g/mol. The number of halogens is 2. The fraction of sp³-hybridized carbons (Fsp3) is 0.381. The maximum absolute atomic E-state index is 13.0. The minimum atomic E-state index is -0.898. The Morgan fingerprint density at radius 1 is 1.07 bits per heavy atom. The summed E-state index contributed by atoms with van der Waals surface area (Å²) >= 11 is 12.1. The zero-order valence-corrected chi connectivity index (χ0v) is 17.7. The maximum Gasteiger partial charge on any atom is 0.307 e. The van der Waals surface area contributed by atoms with Gasteiger partial charge in [0.05, 0.1) is 28.6 Å². The first-order valence-electron chi connectivity index (χ1n) is 9.80. The SMILES string of the molecule is Nc1cc(Cl)cnc1N1CCN(C(=O)[C@H]2CCC2C(=O)O)CC1c1ccc(Cl)cc1. The smallest absolute Gasteiger partial charge is 0.307 e. The van der Waals surface area contributed by atoms with Crippen molar-refractivity contribution >= 4 is 46.6 Å². The predicted octanol–water partition coefficient (Wildman–Crippen LogP) is 3.47. The van der Waals surface area contributed by atoms with E-state index >= 15 is 0 Å². The lowest BCUT2D eigenvalue weighted by atomic mass is 9.72. The zero-order chi connectivity index (χ0) is 21.4. The summed E-state index contributed by atoms with van der Waals surface area (Å²) in [6.45, 7) is 1.39. The first-order chi connectivity index (χ1) is 14.3. The van der Waals surface area contributed by atoms with Crippen molar-refractivity contribution in [2.24, 2.45) is 11.8 Å². The molecule has 3 atom stereocenters. The van der Waals surface area contributed by atoms with Gasteiger partial charge in [-0.15, -0.1) is 0 Å². The van der Waals surface area contributed by atoms with Gasteiger partial charge in [0, 0.05) is 30.9 Å². The van der Waals surface area contributed by atoms with Crippen molar-refractivity contribution in [1.82, 2.24) is 9.88 Å². The number of piperazine rings is 1. The van der Waals surface area contributed by atoms with Crippen LogP contribution in [0.15, 0.2) is 36.5 Å². The van der Waals surface area contributed by atoms with Crippen molar-refractivity contribution in [3.63, 3.8) is 0 Å². The number of benzene rings is 1. The third kappa shape index (κ3) is 3.91. The third-order valence-corrected chi connectivity index (χ3v) is 6.45. The minimum absolute atomic E-state index is 0.0932. The summed E-state index contributed by atoms with van der Waals surface area (Å²) in [5.41, 5.74) is 7.62. The summed E-state index contributed by atoms with van der Waals surface area (Å²) in [5, 5.41) is 10.4. The number of nitrogens with zero attached hydrogens (tertiary/aromatic N) is 3. The molecule has 158 valence electrons. The van der Waals surface area contributed by atoms with Crippen LogP contribution in [0.4, 0.5) is 11.5 Å². The molecular formula is C21H22Cl2N4O3. The van der Waals surface area contributed by atoms with E-state index in [1.807, 2.05) is 12.1 Å². The van der Waals surface area contributed by atoms with Crippen LogP contribution in [0.1, 0.15) is 24.4 Å². The van der Waals surface area contributed by atoms with Gasteiger partial charge >= 0.3 is 5.97 Å². The predicted molar refractivity (Wildman–Crippen MR) is 116 cm³/mol. The molecule has 2 aliphatic rings. The van der Waals surface area contributed by atoms with Gasteiger partial charge in [-0.25, -0.2) is 4.98 Å². The number of aromatic nitrogens is 1. The molecule has 2 aromatic rings. The number of rotatable bonds is 4. The number of aliphatic carboxylic acids is 1. The second-order valence-corrected chi connectivity index (χ2v) is 8.61. The number of carbonyl (C=O) groups is 2. The molecule has 1 aromatic carbocycles. The Hall–Kier alpha value is -2.51. The summed E-state index contributed by atoms with van der Waals surface area (Å²) in [6.07, 6.45) is 2.72. The molecule has 1 saturated carbocycles. The lowest BCUT2D eigenvalue weighted by Gasteiger charge is -2.45. The van der Waals surface area contributed by atoms with E-state index in [2.05, 4.69) is 9.88 Å². The van der Waals surface area contributed by atoms with Crippen molar-refractivity contribution < 1.29 is 14.7 Å². The number of anilines is 2. The Labute approximate surface area is 184 Å². The Morgan fingerprint density at radius 3 is 2.37 bits per heavy atom. The van der Waals surface area contributed by atoms with Gasteiger partial charge in [0.1, 0.15) is 0 Å². The van der Waals surface area contributed by atoms with Gasteiger partial charge < -0.3 is 20.6 Å². The highest BCUT2D eigenvalue weighted by Gasteiger charge is 2.44. The van der Waals surface area contributed by atoms with E-state index in [0.29, 0.717) is 54.0 Å². The standard InChI is InChI=1S/C21H22Cl2N4O3/c22-13-3-1-12(2-4-13)18-11-26(20(28)15-5-6-16(15)21(29)30)7-8-27(18)19-17(24)9-14(23)10-25-19/h1-4,9-10,15-16,18H,5-8,11,24H2,(H,29,30)/t15-,16?,18?/m0/s1. The summed E-state index contributed by atoms with van der Waals surface area (Å²) in [4.78, 5) is 32.7. The van der Waals surface area contributed by atoms with Gasteiger partial charge in [0.2, 0.25) is 5.91 Å². The highest BCUT2D eigenvalue weighted by Crippen LogP contribution is 2.39. The van der Waals surface area contributed by atoms with Gasteiger partial charge in [0.15, 0.2) is 5.82 Å². The van der Waals surface area contributed by atoms with Crippen LogP contribution in [0.25, 0.3) is 0 Å². The quantitative estimate of drug-likeness (QED) is 0.742. The van der Waals surface area contributed by atoms with Crippen molar-refractivity contribution in [1.29, 1.82) is 0 Å². The first-order valence-corrected chi connectivity index (χ1v) is 10.6. The molecule has 1 aliphatic heterocycles. The monoisotopic (exact) mass is 448 g/mol. The largest absolute Gasteiger partial charge is 0.481 e. The van der Waals surface area contributed by atoms with Crippen LogP contribution in [0.3, 0.4) is 0 Å². The van der Waals surface area contributed by atoms with E-state index < -0.39 is 17.8 Å². The van der Waals surface area contributed by atoms with Crippen LogP contribution in [0.2, 0.25) is 10.0 Å². The number of hydrogen-bond donors (Lipinski definition) is 2. The van der Waals surface area contributed by atoms with E-state index in [1.165, 1.54) is 0 Å². The maximum atomic E-state index is 13.0. The molecule has 0 bridgehead atoms. The van der Waals surface area contributed by atoms with Crippen LogP contribution >= 0.6 is 23.2 Å². The van der Waals surface area contributed by atoms with Gasteiger partial charge in [-0.1, -0.05) is 35.3 Å². The zero-order valence-electron chi connectivity index (χ0n) is 16.2. The number of carboxylic acids is 1. The molecule has 7 nitrogen and oxygen atoms in total. The summed E-state index contributed by atoms with van der Waals surface area (Å²) in [6, 6.07) is 8.92. The van der Waals surface area contributed by atoms with Crippen molar-refractivity contribution in [3.8, 4) is 0 Å². The molecule has 1 amide bonds. The molecule has 4 rings (SSSR count). The second kappa shape index (κ2) is 8.32. The highest BCUT2D eigenvalue weighted by molar-refractivity contribution is 6.31. The number of pyridine rings is 1. The van der Waals surface area contributed by atoms with Crippen LogP contribution in [-0.2, 0) is 9.59 Å². The third-order valence-electron chi connectivity index (χ3n) is 5.99. The molecule has 0 spiro atoms. The average Bonchev–Trinajstić information content (AvgIpc) is 2.67. The topological polar surface area (TPSA) is 99.8 Å². The molecule has 1 saturated heterocycles. The van der Waals surface area contributed by atoms with Gasteiger partial charge in [-0.3, -0.25) is 9.59 Å². The van der Waals surface area contributed by atoms with Crippen molar-refractivity contribution in [2.75, 3.05) is 30.3 Å². The van der Waals surface area contributed by atoms with Gasteiger partial charge in [-0.2, -0.15) is 0 Å². The molecule has 3 N–H and O–H groups in total. The fourth-order valence-electron chi connectivity index (χ4n) is 4.22. The molecule has 9 heteroatoms. The molecule has 0 radical (unpaired) electrons. The molecular weight excluding hydrogens is 427 g/mol. The summed E-state index contributed by atoms with van der Waals surface area (Å²) < 4.78 is 0. The van der Waals surface area contributed by atoms with Crippen LogP contribution in [0, 0.1) is 11.8 Å². The van der Waals surface area contributed by atoms with Gasteiger partial charge in [0.25, 0.3) is 0 Å². The van der Waals surface area contributed by atoms with E-state index in [9.17, 15) is 14.7 Å². The minimum Gasteiger partial charge on any atom is -0.481 e. The Morgan fingerprint density at radius 2 is 1.77 bits per heavy atom. The number of hydrogen-bond acceptors (Lipinski definition) is 5. The van der Waals surface area contributed by atoms with Crippen LogP contribution in [0.5, 0.6) is 0 Å². The number of nitrogens with two attached hydrogens (primary N) is 1. The van der Waals surface area contributed by atoms with Crippen LogP contribution < -0.4 is 10.6 Å². The Bertz CT molecular complexity index is 969. The number of nitrogen functional groups attached to an aromatic ring is 1. The van der Waals surface area contributed by atoms with Crippen molar-refractivity contribution in [3.05, 3.63) is 52.1 Å². The van der Waals surface area contributed by atoms with E-state index in [-0.39, 0.29) is 11.9 Å². The fourth-order valence-corrected chi connectivity index (χ4v) is 4.51. The molecule has 2 unspecified atom stereocenters. The number of carboxylic acid groups (broad SMARTS) is 1. The van der Waals surface area contributed by atoms with Crippen LogP contribution in [-0.4, -0.2) is 46.5 Å². The Balaban J connectivity index is 1.62. The van der Waals surface area contributed by atoms with Gasteiger partial charge in [-0.05, 0) is 36.6 Å². The first kappa shape index (κ1) is 20.8. The van der Waals surface area contributed by atoms with E-state index in [0.717, 1.165) is 5.56 Å². The molecule has 1 aromatic heterocycles.